The van der Waals surface area contributed by atoms with Crippen molar-refractivity contribution in [2.24, 2.45) is 0 Å². The van der Waals surface area contributed by atoms with Crippen molar-refractivity contribution in [3.63, 3.8) is 0 Å². The highest BCUT2D eigenvalue weighted by atomic mass is 79.9. The molecule has 7 heteroatoms. The fourth-order valence-electron chi connectivity index (χ4n) is 1.48. The van der Waals surface area contributed by atoms with Crippen molar-refractivity contribution in [1.82, 2.24) is 0 Å². The number of carboxylic acid groups (broad SMARTS) is 1. The van der Waals surface area contributed by atoms with Crippen LogP contribution in [-0.2, 0) is 14.3 Å². The van der Waals surface area contributed by atoms with Crippen LogP contribution in [0.3, 0.4) is 0 Å². The topological polar surface area (TPSA) is 82.1 Å². The number of hydrogen-bond acceptors (Lipinski definition) is 5. The molecule has 0 atom stereocenters. The van der Waals surface area contributed by atoms with Gasteiger partial charge in [0.15, 0.2) is 11.5 Å². The van der Waals surface area contributed by atoms with Gasteiger partial charge in [-0.15, -0.1) is 0 Å². The maximum absolute atomic E-state index is 11.0. The van der Waals surface area contributed by atoms with Crippen molar-refractivity contribution in [3.8, 4) is 11.5 Å². The van der Waals surface area contributed by atoms with Gasteiger partial charge in [-0.2, -0.15) is 0 Å². The molecule has 6 nitrogen and oxygen atoms in total. The number of ether oxygens (including phenoxy) is 3. The lowest BCUT2D eigenvalue weighted by Gasteiger charge is -2.13. The second kappa shape index (κ2) is 8.31. The highest BCUT2D eigenvalue weighted by Gasteiger charge is 2.12. The van der Waals surface area contributed by atoms with Gasteiger partial charge < -0.3 is 19.3 Å². The number of carbonyl (C=O) groups is 2. The first-order valence-corrected chi connectivity index (χ1v) is 6.75. The Bertz CT molecular complexity index is 553. The maximum Gasteiger partial charge on any atom is 0.328 e. The summed E-state index contributed by atoms with van der Waals surface area (Å²) in [5.74, 6) is -0.539. The van der Waals surface area contributed by atoms with Crippen LogP contribution in [0.5, 0.6) is 11.5 Å². The summed E-state index contributed by atoms with van der Waals surface area (Å²) in [4.78, 5) is 21.5. The summed E-state index contributed by atoms with van der Waals surface area (Å²) < 4.78 is 15.8. The van der Waals surface area contributed by atoms with Crippen molar-refractivity contribution < 1.29 is 28.9 Å². The van der Waals surface area contributed by atoms with Crippen molar-refractivity contribution in [2.75, 3.05) is 20.8 Å². The van der Waals surface area contributed by atoms with E-state index in [4.69, 9.17) is 14.6 Å². The van der Waals surface area contributed by atoms with E-state index in [0.717, 1.165) is 6.08 Å². The van der Waals surface area contributed by atoms with Crippen molar-refractivity contribution in [3.05, 3.63) is 28.2 Å². The van der Waals surface area contributed by atoms with Gasteiger partial charge >= 0.3 is 11.9 Å². The normalized spacial score (nSPS) is 10.4. The number of methoxy groups -OCH3 is 2. The van der Waals surface area contributed by atoms with Gasteiger partial charge in [-0.25, -0.2) is 4.79 Å². The van der Waals surface area contributed by atoms with Crippen LogP contribution in [0.1, 0.15) is 12.0 Å². The van der Waals surface area contributed by atoms with E-state index in [1.54, 1.807) is 12.1 Å². The number of carbonyl (C=O) groups excluding carboxylic acids is 1. The Kier molecular flexibility index (Phi) is 6.74. The average molecular weight is 359 g/mol. The summed E-state index contributed by atoms with van der Waals surface area (Å²) in [6.07, 6.45) is 2.58. The third kappa shape index (κ3) is 5.47. The highest BCUT2D eigenvalue weighted by Crippen LogP contribution is 2.37. The second-order valence-electron chi connectivity index (χ2n) is 3.88. The minimum atomic E-state index is -1.04. The predicted octanol–water partition coefficient (Wildman–Crippen LogP) is 2.50. The number of benzene rings is 1. The smallest absolute Gasteiger partial charge is 0.328 e. The summed E-state index contributed by atoms with van der Waals surface area (Å²) >= 11 is 3.33. The van der Waals surface area contributed by atoms with Crippen molar-refractivity contribution in [2.45, 2.75) is 6.42 Å². The maximum atomic E-state index is 11.0. The van der Waals surface area contributed by atoms with Crippen LogP contribution in [0, 0.1) is 0 Å². The molecule has 1 N–H and O–H groups in total. The molecular formula is C14H15BrO6. The fourth-order valence-corrected chi connectivity index (χ4v) is 2.06. The molecule has 21 heavy (non-hydrogen) atoms. The molecule has 0 bridgehead atoms. The number of rotatable bonds is 7. The van der Waals surface area contributed by atoms with E-state index >= 15 is 0 Å². The van der Waals surface area contributed by atoms with Gasteiger partial charge in [0, 0.05) is 6.08 Å². The monoisotopic (exact) mass is 358 g/mol. The van der Waals surface area contributed by atoms with Gasteiger partial charge in [0.05, 0.1) is 31.7 Å². The number of carboxylic acids is 1. The molecule has 0 fully saturated rings. The molecule has 0 heterocycles. The number of halogens is 1. The SMILES string of the molecule is COC(=O)CCOc1c(Br)cc(C=CC(=O)O)cc1OC. The number of aliphatic carboxylic acids is 1. The van der Waals surface area contributed by atoms with Crippen molar-refractivity contribution in [1.29, 1.82) is 0 Å². The van der Waals surface area contributed by atoms with Crippen molar-refractivity contribution >= 4 is 33.9 Å². The molecule has 1 aromatic carbocycles. The first-order valence-electron chi connectivity index (χ1n) is 5.96. The molecule has 0 unspecified atom stereocenters. The second-order valence-corrected chi connectivity index (χ2v) is 4.73. The minimum Gasteiger partial charge on any atom is -0.493 e. The molecule has 1 rings (SSSR count). The van der Waals surface area contributed by atoms with Gasteiger partial charge in [-0.05, 0) is 39.7 Å². The standard InChI is InChI=1S/C14H15BrO6/c1-19-11-8-9(3-4-12(16)17)7-10(15)14(11)21-6-5-13(18)20-2/h3-4,7-8H,5-6H2,1-2H3,(H,16,17). The van der Waals surface area contributed by atoms with Crippen LogP contribution < -0.4 is 9.47 Å². The van der Waals surface area contributed by atoms with Gasteiger partial charge in [-0.1, -0.05) is 0 Å². The van der Waals surface area contributed by atoms with Crippen LogP contribution in [0.25, 0.3) is 6.08 Å². The molecule has 0 aromatic heterocycles. The number of hydrogen-bond donors (Lipinski definition) is 1. The molecule has 0 aliphatic rings. The van der Waals surface area contributed by atoms with E-state index in [2.05, 4.69) is 20.7 Å². The minimum absolute atomic E-state index is 0.118. The Morgan fingerprint density at radius 3 is 2.62 bits per heavy atom. The Balaban J connectivity index is 2.89. The Hall–Kier alpha value is -2.02. The molecule has 1 aromatic rings. The Labute approximate surface area is 130 Å². The molecular weight excluding hydrogens is 344 g/mol. The van der Waals surface area contributed by atoms with E-state index in [-0.39, 0.29) is 19.0 Å². The third-order valence-electron chi connectivity index (χ3n) is 2.45. The van der Waals surface area contributed by atoms with E-state index < -0.39 is 5.97 Å². The summed E-state index contributed by atoms with van der Waals surface area (Å²) in [7, 11) is 2.78. The third-order valence-corrected chi connectivity index (χ3v) is 3.04. The summed E-state index contributed by atoms with van der Waals surface area (Å²) in [5.41, 5.74) is 0.640. The van der Waals surface area contributed by atoms with Crippen LogP contribution >= 0.6 is 15.9 Å². The Morgan fingerprint density at radius 1 is 1.33 bits per heavy atom. The quantitative estimate of drug-likeness (QED) is 0.595. The first kappa shape index (κ1) is 17.0. The van der Waals surface area contributed by atoms with Crippen LogP contribution in [-0.4, -0.2) is 37.9 Å². The van der Waals surface area contributed by atoms with Gasteiger partial charge in [0.25, 0.3) is 0 Å². The zero-order valence-corrected chi connectivity index (χ0v) is 13.2. The van der Waals surface area contributed by atoms with Gasteiger partial charge in [-0.3, -0.25) is 4.79 Å². The lowest BCUT2D eigenvalue weighted by Crippen LogP contribution is -2.08. The van der Waals surface area contributed by atoms with E-state index in [1.165, 1.54) is 20.3 Å². The lowest BCUT2D eigenvalue weighted by molar-refractivity contribution is -0.141. The molecule has 0 saturated heterocycles. The largest absolute Gasteiger partial charge is 0.493 e. The van der Waals surface area contributed by atoms with Crippen LogP contribution in [0.15, 0.2) is 22.7 Å². The average Bonchev–Trinajstić information content (AvgIpc) is 2.46. The molecule has 0 saturated carbocycles. The molecule has 0 amide bonds. The lowest BCUT2D eigenvalue weighted by atomic mass is 10.2. The van der Waals surface area contributed by atoms with Crippen LogP contribution in [0.4, 0.5) is 0 Å². The van der Waals surface area contributed by atoms with Crippen LogP contribution in [0.2, 0.25) is 0 Å². The summed E-state index contributed by atoms with van der Waals surface area (Å²) in [6, 6.07) is 3.33. The van der Waals surface area contributed by atoms with E-state index in [0.29, 0.717) is 21.5 Å². The summed E-state index contributed by atoms with van der Waals surface area (Å²) in [6.45, 7) is 0.145. The zero-order chi connectivity index (χ0) is 15.8. The molecule has 0 radical (unpaired) electrons. The highest BCUT2D eigenvalue weighted by molar-refractivity contribution is 9.10. The predicted molar refractivity (Wildman–Crippen MR) is 79.5 cm³/mol. The Morgan fingerprint density at radius 2 is 2.05 bits per heavy atom. The number of esters is 1. The first-order chi connectivity index (χ1) is 9.97. The van der Waals surface area contributed by atoms with E-state index in [9.17, 15) is 9.59 Å². The fraction of sp³-hybridized carbons (Fsp3) is 0.286. The molecule has 114 valence electrons. The van der Waals surface area contributed by atoms with E-state index in [1.807, 2.05) is 0 Å². The summed E-state index contributed by atoms with van der Waals surface area (Å²) in [5, 5.41) is 8.62. The zero-order valence-electron chi connectivity index (χ0n) is 11.6. The van der Waals surface area contributed by atoms with Gasteiger partial charge in [0.2, 0.25) is 0 Å². The molecule has 0 spiro atoms. The molecule has 0 aliphatic heterocycles. The van der Waals surface area contributed by atoms with Gasteiger partial charge in [0.1, 0.15) is 0 Å². The molecule has 0 aliphatic carbocycles.